The minimum absolute atomic E-state index is 0.0835. The van der Waals surface area contributed by atoms with Crippen molar-refractivity contribution in [2.75, 3.05) is 53.4 Å². The number of hydrogen-bond donors (Lipinski definition) is 1. The van der Waals surface area contributed by atoms with Gasteiger partial charge in [0.2, 0.25) is 0 Å². The monoisotopic (exact) mass is 576 g/mol. The molecular formula is C29H52O11. The molecule has 1 fully saturated rings. The van der Waals surface area contributed by atoms with Gasteiger partial charge in [0.1, 0.15) is 30.4 Å². The van der Waals surface area contributed by atoms with Crippen molar-refractivity contribution in [3.8, 4) is 0 Å². The predicted molar refractivity (Wildman–Crippen MR) is 155 cm³/mol. The van der Waals surface area contributed by atoms with Crippen LogP contribution in [0.5, 0.6) is 0 Å². The molecule has 1 aromatic rings. The molecular weight excluding hydrogens is 524 g/mol. The lowest BCUT2D eigenvalue weighted by Crippen LogP contribution is -2.16. The number of hydrogen-bond acceptors (Lipinski definition) is 11. The van der Waals surface area contributed by atoms with Crippen LogP contribution < -0.4 is 0 Å². The molecule has 2 rings (SSSR count). The Balaban J connectivity index is -0.0000000847. The van der Waals surface area contributed by atoms with Gasteiger partial charge in [0.15, 0.2) is 0 Å². The molecule has 0 amide bonds. The second-order valence-corrected chi connectivity index (χ2v) is 7.04. The van der Waals surface area contributed by atoms with Crippen molar-refractivity contribution < 1.29 is 52.8 Å². The zero-order chi connectivity index (χ0) is 32.5. The van der Waals surface area contributed by atoms with Gasteiger partial charge in [-0.2, -0.15) is 0 Å². The minimum Gasteiger partial charge on any atom is -0.469 e. The van der Waals surface area contributed by atoms with E-state index in [0.717, 1.165) is 32.7 Å². The molecule has 1 N–H and O–H groups in total. The molecule has 234 valence electrons. The van der Waals surface area contributed by atoms with Crippen LogP contribution in [0.15, 0.2) is 36.4 Å². The largest absolute Gasteiger partial charge is 0.469 e. The first-order chi connectivity index (χ1) is 19.0. The van der Waals surface area contributed by atoms with Crippen LogP contribution in [0.2, 0.25) is 0 Å². The first-order valence-electron chi connectivity index (χ1n) is 12.5. The molecule has 11 nitrogen and oxygen atoms in total. The average Bonchev–Trinajstić information content (AvgIpc) is 2.95. The molecule has 40 heavy (non-hydrogen) atoms. The lowest BCUT2D eigenvalue weighted by atomic mass is 10.2. The molecule has 0 unspecified atom stereocenters. The Morgan fingerprint density at radius 2 is 1.05 bits per heavy atom. The molecule has 0 radical (unpaired) electrons. The standard InChI is InChI=1S/C6H10O2.C6H6.C4H8O2.C4H10O2.C3H6O2.C3H6O.C2H4O.CH2O/c1-5(7)3-4-6(2)8;1-2-4-6-5-3-1;1-2-6-4-3-5-1;1-2-6-4-3-5;1-3(4)5-2;1-3(2)4;1-2-3;1-2/h3-4H2,1-2H3;1-6H;1-4H2;5H,2-4H2,1H3;1-2H3;1-2H3;2H,1H3;1H2. The first-order valence-corrected chi connectivity index (χ1v) is 12.5. The van der Waals surface area contributed by atoms with E-state index in [1.807, 2.05) is 50.1 Å². The highest BCUT2D eigenvalue weighted by molar-refractivity contribution is 5.83. The third kappa shape index (κ3) is 112. The summed E-state index contributed by atoms with van der Waals surface area (Å²) in [5.74, 6) is 0.0883. The van der Waals surface area contributed by atoms with Crippen molar-refractivity contribution in [1.82, 2.24) is 0 Å². The van der Waals surface area contributed by atoms with Gasteiger partial charge in [-0.1, -0.05) is 36.4 Å². The Kier molecular flexibility index (Phi) is 65.1. The van der Waals surface area contributed by atoms with Gasteiger partial charge in [-0.25, -0.2) is 0 Å². The Hall–Kier alpha value is -3.12. The summed E-state index contributed by atoms with van der Waals surface area (Å²) >= 11 is 0. The van der Waals surface area contributed by atoms with Crippen molar-refractivity contribution in [2.45, 2.75) is 61.3 Å². The fraction of sp³-hybridized carbons (Fsp3) is 0.586. The van der Waals surface area contributed by atoms with Gasteiger partial charge in [0, 0.05) is 26.4 Å². The van der Waals surface area contributed by atoms with Crippen LogP contribution in [-0.4, -0.2) is 94.9 Å². The third-order valence-corrected chi connectivity index (χ3v) is 2.97. The molecule has 0 saturated carbocycles. The number of ether oxygens (including phenoxy) is 4. The summed E-state index contributed by atoms with van der Waals surface area (Å²) in [6.07, 6.45) is 1.55. The number of aldehydes is 1. The molecule has 1 aliphatic heterocycles. The molecule has 1 saturated heterocycles. The van der Waals surface area contributed by atoms with E-state index < -0.39 is 0 Å². The number of esters is 1. The normalized spacial score (nSPS) is 9.82. The Morgan fingerprint density at radius 1 is 0.800 bits per heavy atom. The lowest BCUT2D eigenvalue weighted by Gasteiger charge is -2.09. The molecule has 0 aliphatic carbocycles. The lowest BCUT2D eigenvalue weighted by molar-refractivity contribution is -0.138. The van der Waals surface area contributed by atoms with Gasteiger partial charge in [-0.15, -0.1) is 0 Å². The smallest absolute Gasteiger partial charge is 0.302 e. The number of carbonyl (C=O) groups excluding carboxylic acids is 6. The topological polar surface area (TPSA) is 160 Å². The highest BCUT2D eigenvalue weighted by Crippen LogP contribution is 1.89. The maximum atomic E-state index is 10.2. The summed E-state index contributed by atoms with van der Waals surface area (Å²) in [6, 6.07) is 12.0. The molecule has 0 atom stereocenters. The number of rotatable bonds is 6. The number of methoxy groups -OCH3 is 1. The van der Waals surface area contributed by atoms with Gasteiger partial charge in [-0.05, 0) is 41.5 Å². The zero-order valence-electron chi connectivity index (χ0n) is 25.6. The second kappa shape index (κ2) is 52.3. The van der Waals surface area contributed by atoms with E-state index in [1.165, 1.54) is 48.7 Å². The van der Waals surface area contributed by atoms with Crippen LogP contribution in [0.4, 0.5) is 0 Å². The van der Waals surface area contributed by atoms with Crippen LogP contribution in [0.25, 0.3) is 0 Å². The second-order valence-electron chi connectivity index (χ2n) is 7.04. The number of aliphatic hydroxyl groups is 1. The third-order valence-electron chi connectivity index (χ3n) is 2.97. The van der Waals surface area contributed by atoms with Crippen LogP contribution in [0.1, 0.15) is 61.3 Å². The van der Waals surface area contributed by atoms with Gasteiger partial charge in [0.25, 0.3) is 0 Å². The van der Waals surface area contributed by atoms with Crippen molar-refractivity contribution in [2.24, 2.45) is 0 Å². The minimum atomic E-state index is -0.245. The van der Waals surface area contributed by atoms with E-state index in [9.17, 15) is 19.2 Å². The molecule has 1 aromatic carbocycles. The van der Waals surface area contributed by atoms with Crippen LogP contribution in [0.3, 0.4) is 0 Å². The average molecular weight is 577 g/mol. The Labute approximate surface area is 240 Å². The van der Waals surface area contributed by atoms with E-state index in [0.29, 0.717) is 26.1 Å². The fourth-order valence-corrected chi connectivity index (χ4v) is 1.39. The number of carbonyl (C=O) groups is 6. The van der Waals surface area contributed by atoms with E-state index >= 15 is 0 Å². The summed E-state index contributed by atoms with van der Waals surface area (Å²) in [5.41, 5.74) is 0. The molecule has 0 bridgehead atoms. The number of benzene rings is 1. The Bertz CT molecular complexity index is 586. The summed E-state index contributed by atoms with van der Waals surface area (Å²) in [4.78, 5) is 56.2. The highest BCUT2D eigenvalue weighted by atomic mass is 16.6. The van der Waals surface area contributed by atoms with Crippen molar-refractivity contribution in [3.63, 3.8) is 0 Å². The van der Waals surface area contributed by atoms with E-state index in [4.69, 9.17) is 28.9 Å². The molecule has 11 heteroatoms. The molecule has 1 heterocycles. The quantitative estimate of drug-likeness (QED) is 0.300. The van der Waals surface area contributed by atoms with Crippen molar-refractivity contribution >= 4 is 36.4 Å². The van der Waals surface area contributed by atoms with Crippen molar-refractivity contribution in [1.29, 1.82) is 0 Å². The maximum absolute atomic E-state index is 10.2. The van der Waals surface area contributed by atoms with Crippen molar-refractivity contribution in [3.05, 3.63) is 36.4 Å². The van der Waals surface area contributed by atoms with Gasteiger partial charge >= 0.3 is 5.97 Å². The van der Waals surface area contributed by atoms with Crippen LogP contribution >= 0.6 is 0 Å². The zero-order valence-corrected chi connectivity index (χ0v) is 25.6. The Morgan fingerprint density at radius 3 is 1.15 bits per heavy atom. The van der Waals surface area contributed by atoms with Gasteiger partial charge in [-0.3, -0.25) is 4.79 Å². The summed E-state index contributed by atoms with van der Waals surface area (Å²) in [6.45, 7) is 17.1. The number of Topliss-reactive ketones (excluding diaryl/α,β-unsaturated/α-hetero) is 3. The van der Waals surface area contributed by atoms with E-state index in [-0.39, 0.29) is 29.9 Å². The first kappa shape index (κ1) is 49.8. The van der Waals surface area contributed by atoms with Crippen LogP contribution in [0, 0.1) is 0 Å². The fourth-order valence-electron chi connectivity index (χ4n) is 1.39. The maximum Gasteiger partial charge on any atom is 0.302 e. The summed E-state index contributed by atoms with van der Waals surface area (Å²) in [5, 5.41) is 8.07. The van der Waals surface area contributed by atoms with E-state index in [2.05, 4.69) is 4.74 Å². The molecule has 0 aromatic heterocycles. The predicted octanol–water partition coefficient (Wildman–Crippen LogP) is 3.47. The molecule has 1 aliphatic rings. The molecule has 0 spiro atoms. The SMILES string of the molecule is C1COCCO1.C=O.CC(=O)CCC(C)=O.CC(C)=O.CC=O.CCOCCO.COC(C)=O.c1ccccc1. The van der Waals surface area contributed by atoms with E-state index in [1.54, 1.807) is 0 Å². The van der Waals surface area contributed by atoms with Gasteiger partial charge in [0.05, 0.1) is 46.8 Å². The van der Waals surface area contributed by atoms with Gasteiger partial charge < -0.3 is 48.0 Å². The van der Waals surface area contributed by atoms with Crippen LogP contribution in [-0.2, 0) is 47.7 Å². The summed E-state index contributed by atoms with van der Waals surface area (Å²) in [7, 11) is 1.35. The number of ketones is 3. The number of aliphatic hydroxyl groups excluding tert-OH is 1. The summed E-state index contributed by atoms with van der Waals surface area (Å²) < 4.78 is 18.7. The highest BCUT2D eigenvalue weighted by Gasteiger charge is 1.95.